The number of benzene rings is 1. The van der Waals surface area contributed by atoms with Crippen LogP contribution in [0.15, 0.2) is 30.6 Å². The molecule has 0 aliphatic carbocycles. The number of aromatic nitrogens is 4. The molecular formula is C18H22N6O2. The van der Waals surface area contributed by atoms with Crippen molar-refractivity contribution in [2.75, 3.05) is 17.6 Å². The Bertz CT molecular complexity index is 921. The van der Waals surface area contributed by atoms with Gasteiger partial charge in [0.15, 0.2) is 0 Å². The fraction of sp³-hybridized carbons (Fsp3) is 0.333. The van der Waals surface area contributed by atoms with E-state index in [1.54, 1.807) is 4.52 Å². The molecule has 1 aromatic carbocycles. The minimum absolute atomic E-state index is 0.173. The van der Waals surface area contributed by atoms with Gasteiger partial charge in [0.05, 0.1) is 0 Å². The Morgan fingerprint density at radius 3 is 2.96 bits per heavy atom. The van der Waals surface area contributed by atoms with Crippen molar-refractivity contribution >= 4 is 23.3 Å². The van der Waals surface area contributed by atoms with Crippen LogP contribution in [0.1, 0.15) is 36.1 Å². The van der Waals surface area contributed by atoms with Crippen molar-refractivity contribution < 1.29 is 9.90 Å². The Morgan fingerprint density at radius 2 is 2.19 bits per heavy atom. The van der Waals surface area contributed by atoms with Crippen LogP contribution in [0.4, 0.5) is 11.5 Å². The Balaban J connectivity index is 1.86. The van der Waals surface area contributed by atoms with E-state index in [2.05, 4.69) is 20.4 Å². The first-order valence-corrected chi connectivity index (χ1v) is 8.54. The summed E-state index contributed by atoms with van der Waals surface area (Å²) in [5.41, 5.74) is 9.60. The van der Waals surface area contributed by atoms with Crippen LogP contribution in [0.2, 0.25) is 0 Å². The zero-order chi connectivity index (χ0) is 18.5. The average molecular weight is 354 g/mol. The van der Waals surface area contributed by atoms with Gasteiger partial charge in [-0.25, -0.2) is 4.98 Å². The Kier molecular flexibility index (Phi) is 5.31. The van der Waals surface area contributed by atoms with Crippen LogP contribution in [0.3, 0.4) is 0 Å². The smallest absolute Gasteiger partial charge is 0.303 e. The fourth-order valence-electron chi connectivity index (χ4n) is 2.89. The number of hydrogen-bond acceptors (Lipinski definition) is 6. The number of nitrogens with zero attached hydrogens (tertiary/aromatic N) is 4. The zero-order valence-corrected chi connectivity index (χ0v) is 14.6. The maximum atomic E-state index is 10.6. The number of rotatable bonds is 8. The number of nitrogens with two attached hydrogens (primary N) is 1. The number of nitrogens with one attached hydrogen (secondary N) is 1. The minimum atomic E-state index is -0.772. The van der Waals surface area contributed by atoms with Gasteiger partial charge in [0.25, 0.3) is 5.78 Å². The number of fused-ring (bicyclic) bond motifs is 1. The molecule has 2 aromatic heterocycles. The number of unbranched alkanes of at least 4 members (excludes halogenated alkanes) is 1. The summed E-state index contributed by atoms with van der Waals surface area (Å²) in [6, 6.07) is 7.76. The van der Waals surface area contributed by atoms with Gasteiger partial charge >= 0.3 is 5.97 Å². The number of carbonyl (C=O) groups is 1. The molecule has 0 aliphatic heterocycles. The van der Waals surface area contributed by atoms with E-state index in [-0.39, 0.29) is 6.42 Å². The summed E-state index contributed by atoms with van der Waals surface area (Å²) in [5, 5.41) is 16.4. The first-order chi connectivity index (χ1) is 12.5. The average Bonchev–Trinajstić information content (AvgIpc) is 3.04. The van der Waals surface area contributed by atoms with E-state index >= 15 is 0 Å². The number of carboxylic acids is 1. The zero-order valence-electron chi connectivity index (χ0n) is 14.6. The number of anilines is 2. The molecule has 136 valence electrons. The minimum Gasteiger partial charge on any atom is -0.481 e. The van der Waals surface area contributed by atoms with Crippen molar-refractivity contribution in [3.8, 4) is 0 Å². The fourth-order valence-corrected chi connectivity index (χ4v) is 2.89. The highest BCUT2D eigenvalue weighted by Gasteiger charge is 2.15. The molecule has 8 nitrogen and oxygen atoms in total. The second kappa shape index (κ2) is 7.81. The summed E-state index contributed by atoms with van der Waals surface area (Å²) in [6.45, 7) is 2.60. The van der Waals surface area contributed by atoms with Gasteiger partial charge in [0, 0.05) is 36.3 Å². The van der Waals surface area contributed by atoms with Crippen molar-refractivity contribution in [2.45, 2.75) is 32.6 Å². The molecule has 8 heteroatoms. The summed E-state index contributed by atoms with van der Waals surface area (Å²) < 4.78 is 1.69. The third kappa shape index (κ3) is 4.08. The Hall–Kier alpha value is -3.16. The van der Waals surface area contributed by atoms with Crippen LogP contribution in [-0.4, -0.2) is 37.2 Å². The van der Waals surface area contributed by atoms with E-state index in [4.69, 9.17) is 10.8 Å². The van der Waals surface area contributed by atoms with Crippen LogP contribution in [0.25, 0.3) is 5.78 Å². The van der Waals surface area contributed by atoms with Crippen LogP contribution in [0.5, 0.6) is 0 Å². The lowest BCUT2D eigenvalue weighted by molar-refractivity contribution is -0.137. The SMILES string of the molecule is Cc1nc2ncnn2c(NCCCCC(=O)O)c1Cc1cccc(N)c1. The Labute approximate surface area is 151 Å². The highest BCUT2D eigenvalue weighted by molar-refractivity contribution is 5.66. The predicted octanol–water partition coefficient (Wildman–Crippen LogP) is 2.27. The summed E-state index contributed by atoms with van der Waals surface area (Å²) in [5.74, 6) is 0.598. The summed E-state index contributed by atoms with van der Waals surface area (Å²) in [6.07, 6.45) is 3.68. The number of nitrogen functional groups attached to an aromatic ring is 1. The molecule has 0 unspecified atom stereocenters. The number of carboxylic acid groups (broad SMARTS) is 1. The molecule has 0 amide bonds. The molecule has 2 heterocycles. The number of hydrogen-bond donors (Lipinski definition) is 3. The van der Waals surface area contributed by atoms with Gasteiger partial charge in [-0.3, -0.25) is 4.79 Å². The number of aliphatic carboxylic acids is 1. The second-order valence-corrected chi connectivity index (χ2v) is 6.20. The second-order valence-electron chi connectivity index (χ2n) is 6.20. The molecule has 0 bridgehead atoms. The lowest BCUT2D eigenvalue weighted by Gasteiger charge is -2.15. The van der Waals surface area contributed by atoms with Crippen molar-refractivity contribution in [1.29, 1.82) is 0 Å². The molecule has 3 aromatic rings. The van der Waals surface area contributed by atoms with E-state index in [9.17, 15) is 4.79 Å². The quantitative estimate of drug-likeness (QED) is 0.419. The van der Waals surface area contributed by atoms with Crippen molar-refractivity contribution in [2.24, 2.45) is 0 Å². The van der Waals surface area contributed by atoms with Crippen LogP contribution in [0, 0.1) is 6.92 Å². The highest BCUT2D eigenvalue weighted by Crippen LogP contribution is 2.23. The summed E-state index contributed by atoms with van der Waals surface area (Å²) >= 11 is 0. The van der Waals surface area contributed by atoms with Gasteiger partial charge in [-0.15, -0.1) is 0 Å². The summed E-state index contributed by atoms with van der Waals surface area (Å²) in [7, 11) is 0. The molecule has 0 saturated carbocycles. The first kappa shape index (κ1) is 17.7. The van der Waals surface area contributed by atoms with E-state index in [0.717, 1.165) is 34.7 Å². The van der Waals surface area contributed by atoms with Crippen molar-refractivity contribution in [3.63, 3.8) is 0 Å². The van der Waals surface area contributed by atoms with Gasteiger partial charge < -0.3 is 16.2 Å². The molecule has 0 atom stereocenters. The normalized spacial score (nSPS) is 11.0. The van der Waals surface area contributed by atoms with E-state index in [0.29, 0.717) is 25.2 Å². The van der Waals surface area contributed by atoms with Gasteiger partial charge in [0.1, 0.15) is 12.1 Å². The molecule has 0 radical (unpaired) electrons. The molecule has 3 rings (SSSR count). The van der Waals surface area contributed by atoms with E-state index < -0.39 is 5.97 Å². The third-order valence-corrected chi connectivity index (χ3v) is 4.17. The van der Waals surface area contributed by atoms with Gasteiger partial charge in [-0.1, -0.05) is 12.1 Å². The lowest BCUT2D eigenvalue weighted by Crippen LogP contribution is -2.13. The highest BCUT2D eigenvalue weighted by atomic mass is 16.4. The van der Waals surface area contributed by atoms with Gasteiger partial charge in [-0.05, 0) is 37.5 Å². The standard InChI is InChI=1S/C18H22N6O2/c1-12-15(10-13-5-4-6-14(19)9-13)17(20-8-3-2-7-16(25)26)24-18(23-12)21-11-22-24/h4-6,9,11,20H,2-3,7-8,10,19H2,1H3,(H,25,26). The van der Waals surface area contributed by atoms with Crippen molar-refractivity contribution in [3.05, 3.63) is 47.4 Å². The van der Waals surface area contributed by atoms with E-state index in [1.807, 2.05) is 31.2 Å². The topological polar surface area (TPSA) is 118 Å². The maximum Gasteiger partial charge on any atom is 0.303 e. The number of aryl methyl sites for hydroxylation is 1. The van der Waals surface area contributed by atoms with Crippen LogP contribution in [-0.2, 0) is 11.2 Å². The summed E-state index contributed by atoms with van der Waals surface area (Å²) in [4.78, 5) is 19.3. The Morgan fingerprint density at radius 1 is 1.35 bits per heavy atom. The van der Waals surface area contributed by atoms with Crippen LogP contribution < -0.4 is 11.1 Å². The predicted molar refractivity (Wildman–Crippen MR) is 99.2 cm³/mol. The van der Waals surface area contributed by atoms with E-state index in [1.165, 1.54) is 6.33 Å². The lowest BCUT2D eigenvalue weighted by atomic mass is 10.0. The first-order valence-electron chi connectivity index (χ1n) is 8.54. The molecule has 26 heavy (non-hydrogen) atoms. The van der Waals surface area contributed by atoms with Crippen LogP contribution >= 0.6 is 0 Å². The molecule has 4 N–H and O–H groups in total. The molecule has 0 aliphatic rings. The molecule has 0 fully saturated rings. The maximum absolute atomic E-state index is 10.6. The third-order valence-electron chi connectivity index (χ3n) is 4.17. The molecular weight excluding hydrogens is 332 g/mol. The van der Waals surface area contributed by atoms with Gasteiger partial charge in [-0.2, -0.15) is 14.6 Å². The van der Waals surface area contributed by atoms with Gasteiger partial charge in [0.2, 0.25) is 0 Å². The molecule has 0 saturated heterocycles. The molecule has 0 spiro atoms. The largest absolute Gasteiger partial charge is 0.481 e. The monoisotopic (exact) mass is 354 g/mol. The van der Waals surface area contributed by atoms with Crippen molar-refractivity contribution in [1.82, 2.24) is 19.6 Å².